The summed E-state index contributed by atoms with van der Waals surface area (Å²) in [5.41, 5.74) is 2.76. The predicted octanol–water partition coefficient (Wildman–Crippen LogP) is 2.23. The van der Waals surface area contributed by atoms with Crippen LogP contribution in [0.3, 0.4) is 0 Å². The summed E-state index contributed by atoms with van der Waals surface area (Å²) in [5.74, 6) is -0.753. The van der Waals surface area contributed by atoms with Gasteiger partial charge in [0.2, 0.25) is 0 Å². The SMILES string of the molecule is COC(=O)C1C(C)=NOC1c1ccc(C)cc1. The van der Waals surface area contributed by atoms with E-state index in [1.165, 1.54) is 12.7 Å². The number of carbonyl (C=O) groups is 1. The first-order valence-corrected chi connectivity index (χ1v) is 5.48. The molecule has 4 heteroatoms. The molecule has 1 aromatic carbocycles. The minimum absolute atomic E-state index is 0.311. The summed E-state index contributed by atoms with van der Waals surface area (Å²) in [4.78, 5) is 17.0. The molecule has 17 heavy (non-hydrogen) atoms. The minimum atomic E-state index is -0.442. The topological polar surface area (TPSA) is 47.9 Å². The molecule has 0 amide bonds. The minimum Gasteiger partial charge on any atom is -0.468 e. The first-order valence-electron chi connectivity index (χ1n) is 5.48. The van der Waals surface area contributed by atoms with E-state index in [2.05, 4.69) is 5.16 Å². The Morgan fingerprint density at radius 2 is 1.94 bits per heavy atom. The fraction of sp³-hybridized carbons (Fsp3) is 0.385. The zero-order chi connectivity index (χ0) is 12.4. The molecular formula is C13H15NO3. The maximum absolute atomic E-state index is 11.7. The molecule has 4 nitrogen and oxygen atoms in total. The Morgan fingerprint density at radius 3 is 2.53 bits per heavy atom. The zero-order valence-corrected chi connectivity index (χ0v) is 10.1. The van der Waals surface area contributed by atoms with Gasteiger partial charge in [0.25, 0.3) is 0 Å². The zero-order valence-electron chi connectivity index (χ0n) is 10.1. The molecule has 0 saturated carbocycles. The van der Waals surface area contributed by atoms with Gasteiger partial charge in [-0.1, -0.05) is 35.0 Å². The molecule has 2 rings (SSSR count). The van der Waals surface area contributed by atoms with Gasteiger partial charge in [0.1, 0.15) is 5.92 Å². The summed E-state index contributed by atoms with van der Waals surface area (Å²) in [5, 5.41) is 3.88. The van der Waals surface area contributed by atoms with Crippen molar-refractivity contribution in [2.45, 2.75) is 20.0 Å². The van der Waals surface area contributed by atoms with E-state index in [-0.39, 0.29) is 12.1 Å². The number of carbonyl (C=O) groups excluding carboxylic acids is 1. The number of esters is 1. The van der Waals surface area contributed by atoms with Gasteiger partial charge in [-0.3, -0.25) is 4.79 Å². The Balaban J connectivity index is 2.27. The lowest BCUT2D eigenvalue weighted by molar-refractivity contribution is -0.146. The average Bonchev–Trinajstić information content (AvgIpc) is 2.71. The van der Waals surface area contributed by atoms with E-state index in [4.69, 9.17) is 9.57 Å². The molecule has 0 N–H and O–H groups in total. The van der Waals surface area contributed by atoms with E-state index in [1.807, 2.05) is 31.2 Å². The van der Waals surface area contributed by atoms with Gasteiger partial charge in [0.15, 0.2) is 6.10 Å². The largest absolute Gasteiger partial charge is 0.468 e. The van der Waals surface area contributed by atoms with Crippen LogP contribution in [0.15, 0.2) is 29.4 Å². The molecule has 0 spiro atoms. The summed E-state index contributed by atoms with van der Waals surface area (Å²) in [6.07, 6.45) is -0.372. The van der Waals surface area contributed by atoms with Crippen LogP contribution in [0.4, 0.5) is 0 Å². The number of rotatable bonds is 2. The summed E-state index contributed by atoms with van der Waals surface area (Å²) in [6, 6.07) is 7.87. The van der Waals surface area contributed by atoms with E-state index >= 15 is 0 Å². The van der Waals surface area contributed by atoms with E-state index in [9.17, 15) is 4.79 Å². The fourth-order valence-corrected chi connectivity index (χ4v) is 1.91. The molecule has 0 bridgehead atoms. The summed E-state index contributed by atoms with van der Waals surface area (Å²) >= 11 is 0. The Morgan fingerprint density at radius 1 is 1.29 bits per heavy atom. The molecule has 1 aliphatic heterocycles. The van der Waals surface area contributed by atoms with Crippen molar-refractivity contribution >= 4 is 11.7 Å². The van der Waals surface area contributed by atoms with Crippen LogP contribution in [-0.2, 0) is 14.4 Å². The third-order valence-electron chi connectivity index (χ3n) is 2.92. The van der Waals surface area contributed by atoms with Gasteiger partial charge in [-0.05, 0) is 19.4 Å². The highest BCUT2D eigenvalue weighted by molar-refractivity contribution is 6.02. The molecule has 0 saturated heterocycles. The molecule has 0 radical (unpaired) electrons. The maximum atomic E-state index is 11.7. The van der Waals surface area contributed by atoms with Crippen LogP contribution in [0.5, 0.6) is 0 Å². The van der Waals surface area contributed by atoms with Crippen LogP contribution in [0.1, 0.15) is 24.2 Å². The number of nitrogens with zero attached hydrogens (tertiary/aromatic N) is 1. The molecule has 1 heterocycles. The Kier molecular flexibility index (Phi) is 3.13. The van der Waals surface area contributed by atoms with Crippen LogP contribution >= 0.6 is 0 Å². The lowest BCUT2D eigenvalue weighted by Crippen LogP contribution is -2.26. The number of hydrogen-bond donors (Lipinski definition) is 0. The number of oxime groups is 1. The first kappa shape index (κ1) is 11.6. The van der Waals surface area contributed by atoms with Gasteiger partial charge < -0.3 is 9.57 Å². The molecule has 2 atom stereocenters. The van der Waals surface area contributed by atoms with Crippen molar-refractivity contribution in [1.29, 1.82) is 0 Å². The molecular weight excluding hydrogens is 218 g/mol. The smallest absolute Gasteiger partial charge is 0.318 e. The van der Waals surface area contributed by atoms with Crippen molar-refractivity contribution in [2.24, 2.45) is 11.1 Å². The van der Waals surface area contributed by atoms with Crippen molar-refractivity contribution in [3.8, 4) is 0 Å². The van der Waals surface area contributed by atoms with Crippen molar-refractivity contribution < 1.29 is 14.4 Å². The summed E-state index contributed by atoms with van der Waals surface area (Å²) in [6.45, 7) is 3.79. The molecule has 1 aromatic rings. The molecule has 90 valence electrons. The number of hydrogen-bond acceptors (Lipinski definition) is 4. The molecule has 1 aliphatic rings. The predicted molar refractivity (Wildman–Crippen MR) is 63.6 cm³/mol. The van der Waals surface area contributed by atoms with E-state index in [1.54, 1.807) is 6.92 Å². The van der Waals surface area contributed by atoms with E-state index < -0.39 is 5.92 Å². The van der Waals surface area contributed by atoms with Crippen LogP contribution in [-0.4, -0.2) is 18.8 Å². The molecule has 2 unspecified atom stereocenters. The highest BCUT2D eigenvalue weighted by Crippen LogP contribution is 2.33. The van der Waals surface area contributed by atoms with Crippen LogP contribution in [0.25, 0.3) is 0 Å². The molecule has 0 aliphatic carbocycles. The number of aryl methyl sites for hydroxylation is 1. The van der Waals surface area contributed by atoms with Crippen molar-refractivity contribution in [2.75, 3.05) is 7.11 Å². The Hall–Kier alpha value is -1.84. The van der Waals surface area contributed by atoms with Crippen molar-refractivity contribution in [3.05, 3.63) is 35.4 Å². The van der Waals surface area contributed by atoms with Crippen molar-refractivity contribution in [3.63, 3.8) is 0 Å². The number of benzene rings is 1. The lowest BCUT2D eigenvalue weighted by atomic mass is 9.92. The second-order valence-electron chi connectivity index (χ2n) is 4.17. The second-order valence-corrected chi connectivity index (χ2v) is 4.17. The van der Waals surface area contributed by atoms with Gasteiger partial charge in [0.05, 0.1) is 12.8 Å². The summed E-state index contributed by atoms with van der Waals surface area (Å²) in [7, 11) is 1.38. The highest BCUT2D eigenvalue weighted by Gasteiger charge is 2.39. The second kappa shape index (κ2) is 4.57. The van der Waals surface area contributed by atoms with Crippen molar-refractivity contribution in [1.82, 2.24) is 0 Å². The fourth-order valence-electron chi connectivity index (χ4n) is 1.91. The molecule has 0 aromatic heterocycles. The molecule has 0 fully saturated rings. The Bertz CT molecular complexity index is 450. The van der Waals surface area contributed by atoms with Crippen LogP contribution in [0.2, 0.25) is 0 Å². The average molecular weight is 233 g/mol. The van der Waals surface area contributed by atoms with Crippen LogP contribution in [0, 0.1) is 12.8 Å². The lowest BCUT2D eigenvalue weighted by Gasteiger charge is -2.16. The van der Waals surface area contributed by atoms with Gasteiger partial charge in [-0.25, -0.2) is 0 Å². The van der Waals surface area contributed by atoms with Gasteiger partial charge >= 0.3 is 5.97 Å². The normalized spacial score (nSPS) is 22.9. The monoisotopic (exact) mass is 233 g/mol. The maximum Gasteiger partial charge on any atom is 0.318 e. The number of ether oxygens (including phenoxy) is 1. The third-order valence-corrected chi connectivity index (χ3v) is 2.92. The van der Waals surface area contributed by atoms with Gasteiger partial charge in [-0.15, -0.1) is 0 Å². The summed E-state index contributed by atoms with van der Waals surface area (Å²) < 4.78 is 4.78. The first-order chi connectivity index (χ1) is 8.13. The Labute approximate surface area is 100 Å². The van der Waals surface area contributed by atoms with Gasteiger partial charge in [0, 0.05) is 0 Å². The standard InChI is InChI=1S/C13H15NO3/c1-8-4-6-10(7-5-8)12-11(13(15)16-3)9(2)14-17-12/h4-7,11-12H,1-3H3. The number of methoxy groups -OCH3 is 1. The highest BCUT2D eigenvalue weighted by atomic mass is 16.6. The van der Waals surface area contributed by atoms with Crippen LogP contribution < -0.4 is 0 Å². The van der Waals surface area contributed by atoms with E-state index in [0.29, 0.717) is 5.71 Å². The quantitative estimate of drug-likeness (QED) is 0.736. The third kappa shape index (κ3) is 2.16. The van der Waals surface area contributed by atoms with Gasteiger partial charge in [-0.2, -0.15) is 0 Å². The van der Waals surface area contributed by atoms with E-state index in [0.717, 1.165) is 5.56 Å².